The van der Waals surface area contributed by atoms with Crippen LogP contribution in [0.1, 0.15) is 38.7 Å². The first-order valence-corrected chi connectivity index (χ1v) is 7.48. The van der Waals surface area contributed by atoms with E-state index in [4.69, 9.17) is 4.74 Å². The highest BCUT2D eigenvalue weighted by atomic mass is 79.9. The summed E-state index contributed by atoms with van der Waals surface area (Å²) in [5.74, 6) is -0.191. The quantitative estimate of drug-likeness (QED) is 0.760. The third kappa shape index (κ3) is 3.72. The van der Waals surface area contributed by atoms with E-state index in [-0.39, 0.29) is 17.8 Å². The molecule has 1 aliphatic heterocycles. The van der Waals surface area contributed by atoms with Gasteiger partial charge < -0.3 is 9.64 Å². The molecule has 1 atom stereocenters. The summed E-state index contributed by atoms with van der Waals surface area (Å²) in [5.41, 5.74) is 0.154. The van der Waals surface area contributed by atoms with E-state index >= 15 is 0 Å². The zero-order valence-corrected chi connectivity index (χ0v) is 13.5. The van der Waals surface area contributed by atoms with Crippen LogP contribution in [0, 0.1) is 5.82 Å². The van der Waals surface area contributed by atoms with Crippen molar-refractivity contribution in [3.8, 4) is 0 Å². The Morgan fingerprint density at radius 3 is 2.80 bits per heavy atom. The lowest BCUT2D eigenvalue weighted by atomic mass is 9.98. The predicted molar refractivity (Wildman–Crippen MR) is 79.3 cm³/mol. The van der Waals surface area contributed by atoms with Crippen molar-refractivity contribution in [3.63, 3.8) is 0 Å². The second-order valence-electron chi connectivity index (χ2n) is 6.08. The van der Waals surface area contributed by atoms with Crippen molar-refractivity contribution in [2.45, 2.75) is 38.7 Å². The molecule has 2 rings (SSSR count). The molecule has 0 bridgehead atoms. The number of rotatable bonds is 1. The number of hydrogen-bond acceptors (Lipinski definition) is 2. The molecule has 1 aromatic rings. The Morgan fingerprint density at radius 1 is 1.45 bits per heavy atom. The largest absolute Gasteiger partial charge is 0.444 e. The summed E-state index contributed by atoms with van der Waals surface area (Å²) in [6, 6.07) is 4.92. The summed E-state index contributed by atoms with van der Waals surface area (Å²) in [5, 5.41) is 0. The van der Waals surface area contributed by atoms with Gasteiger partial charge in [-0.1, -0.05) is 15.9 Å². The van der Waals surface area contributed by atoms with E-state index in [1.807, 2.05) is 20.8 Å². The van der Waals surface area contributed by atoms with Crippen LogP contribution in [-0.2, 0) is 4.74 Å². The van der Waals surface area contributed by atoms with Crippen molar-refractivity contribution in [1.29, 1.82) is 0 Å². The van der Waals surface area contributed by atoms with Crippen LogP contribution in [0.5, 0.6) is 0 Å². The van der Waals surface area contributed by atoms with E-state index in [0.717, 1.165) is 10.9 Å². The predicted octanol–water partition coefficient (Wildman–Crippen LogP) is 4.31. The van der Waals surface area contributed by atoms with Crippen molar-refractivity contribution in [3.05, 3.63) is 34.1 Å². The van der Waals surface area contributed by atoms with Crippen molar-refractivity contribution in [2.24, 2.45) is 0 Å². The van der Waals surface area contributed by atoms with Gasteiger partial charge in [-0.3, -0.25) is 0 Å². The highest BCUT2D eigenvalue weighted by molar-refractivity contribution is 9.10. The van der Waals surface area contributed by atoms with Gasteiger partial charge in [-0.2, -0.15) is 0 Å². The van der Waals surface area contributed by atoms with E-state index in [9.17, 15) is 9.18 Å². The fraction of sp³-hybridized carbons (Fsp3) is 0.533. The number of carbonyl (C=O) groups excluding carboxylic acids is 1. The molecule has 1 unspecified atom stereocenters. The van der Waals surface area contributed by atoms with Gasteiger partial charge in [0.1, 0.15) is 11.4 Å². The van der Waals surface area contributed by atoms with Crippen LogP contribution in [-0.4, -0.2) is 29.7 Å². The maximum absolute atomic E-state index is 13.9. The van der Waals surface area contributed by atoms with Crippen LogP contribution >= 0.6 is 15.9 Å². The number of halogens is 2. The zero-order valence-electron chi connectivity index (χ0n) is 12.0. The fourth-order valence-corrected chi connectivity index (χ4v) is 2.71. The number of benzene rings is 1. The average Bonchev–Trinajstić information content (AvgIpc) is 2.79. The molecule has 110 valence electrons. The average molecular weight is 344 g/mol. The van der Waals surface area contributed by atoms with Gasteiger partial charge in [0.25, 0.3) is 0 Å². The molecule has 0 radical (unpaired) electrons. The normalized spacial score (nSPS) is 19.2. The van der Waals surface area contributed by atoms with E-state index in [2.05, 4.69) is 15.9 Å². The summed E-state index contributed by atoms with van der Waals surface area (Å²) in [6.07, 6.45) is 0.433. The second-order valence-corrected chi connectivity index (χ2v) is 6.99. The molecular weight excluding hydrogens is 325 g/mol. The maximum Gasteiger partial charge on any atom is 0.410 e. The molecule has 20 heavy (non-hydrogen) atoms. The SMILES string of the molecule is CC(C)(C)OC(=O)N1CCC(c2cc(Br)ccc2F)C1. The summed E-state index contributed by atoms with van der Waals surface area (Å²) in [4.78, 5) is 13.6. The summed E-state index contributed by atoms with van der Waals surface area (Å²) >= 11 is 3.36. The lowest BCUT2D eigenvalue weighted by Crippen LogP contribution is -2.35. The van der Waals surface area contributed by atoms with Gasteiger partial charge in [0.05, 0.1) is 0 Å². The Bertz CT molecular complexity index is 513. The summed E-state index contributed by atoms with van der Waals surface area (Å²) < 4.78 is 20.1. The second kappa shape index (κ2) is 5.72. The standard InChI is InChI=1S/C15H19BrFNO2/c1-15(2,3)20-14(19)18-7-6-10(9-18)12-8-11(16)4-5-13(12)17/h4-5,8,10H,6-7,9H2,1-3H3. The summed E-state index contributed by atoms with van der Waals surface area (Å²) in [6.45, 7) is 6.62. The van der Waals surface area contributed by atoms with Gasteiger partial charge >= 0.3 is 6.09 Å². The highest BCUT2D eigenvalue weighted by Gasteiger charge is 2.31. The third-order valence-corrected chi connectivity index (χ3v) is 3.73. The Labute approximate surface area is 127 Å². The minimum Gasteiger partial charge on any atom is -0.444 e. The van der Waals surface area contributed by atoms with Crippen molar-refractivity contribution >= 4 is 22.0 Å². The van der Waals surface area contributed by atoms with E-state index in [0.29, 0.717) is 18.7 Å². The van der Waals surface area contributed by atoms with Crippen LogP contribution in [0.4, 0.5) is 9.18 Å². The first kappa shape index (κ1) is 15.3. The molecule has 0 aromatic heterocycles. The van der Waals surface area contributed by atoms with E-state index in [1.165, 1.54) is 6.07 Å². The first-order valence-electron chi connectivity index (χ1n) is 6.69. The van der Waals surface area contributed by atoms with Gasteiger partial charge in [-0.15, -0.1) is 0 Å². The third-order valence-electron chi connectivity index (χ3n) is 3.24. The lowest BCUT2D eigenvalue weighted by molar-refractivity contribution is 0.0292. The molecule has 5 heteroatoms. The number of ether oxygens (including phenoxy) is 1. The highest BCUT2D eigenvalue weighted by Crippen LogP contribution is 2.31. The molecule has 0 aliphatic carbocycles. The van der Waals surface area contributed by atoms with Crippen molar-refractivity contribution < 1.29 is 13.9 Å². The first-order chi connectivity index (χ1) is 9.26. The van der Waals surface area contributed by atoms with Crippen molar-refractivity contribution in [2.75, 3.05) is 13.1 Å². The molecule has 3 nitrogen and oxygen atoms in total. The molecule has 1 aliphatic rings. The van der Waals surface area contributed by atoms with Gasteiger partial charge in [0, 0.05) is 23.5 Å². The Morgan fingerprint density at radius 2 is 2.15 bits per heavy atom. The minimum absolute atomic E-state index is 0.0278. The monoisotopic (exact) mass is 343 g/mol. The number of hydrogen-bond donors (Lipinski definition) is 0. The van der Waals surface area contributed by atoms with Gasteiger partial charge in [0.15, 0.2) is 0 Å². The molecule has 0 spiro atoms. The van der Waals surface area contributed by atoms with Crippen LogP contribution in [0.3, 0.4) is 0 Å². The molecule has 0 N–H and O–H groups in total. The van der Waals surface area contributed by atoms with Crippen LogP contribution in [0.15, 0.2) is 22.7 Å². The van der Waals surface area contributed by atoms with Gasteiger partial charge in [-0.05, 0) is 51.0 Å². The molecule has 0 saturated carbocycles. The fourth-order valence-electron chi connectivity index (χ4n) is 2.33. The molecular formula is C15H19BrFNO2. The smallest absolute Gasteiger partial charge is 0.410 e. The van der Waals surface area contributed by atoms with Crippen molar-refractivity contribution in [1.82, 2.24) is 4.90 Å². The minimum atomic E-state index is -0.504. The Kier molecular flexibility index (Phi) is 4.37. The lowest BCUT2D eigenvalue weighted by Gasteiger charge is -2.24. The summed E-state index contributed by atoms with van der Waals surface area (Å²) in [7, 11) is 0. The van der Waals surface area contributed by atoms with Crippen LogP contribution in [0.2, 0.25) is 0 Å². The Hall–Kier alpha value is -1.10. The molecule has 1 heterocycles. The zero-order chi connectivity index (χ0) is 14.9. The number of nitrogens with zero attached hydrogens (tertiary/aromatic N) is 1. The van der Waals surface area contributed by atoms with Gasteiger partial charge in [0.2, 0.25) is 0 Å². The molecule has 1 saturated heterocycles. The number of amides is 1. The van der Waals surface area contributed by atoms with Gasteiger partial charge in [-0.25, -0.2) is 9.18 Å². The van der Waals surface area contributed by atoms with Crippen LogP contribution in [0.25, 0.3) is 0 Å². The Balaban J connectivity index is 2.05. The number of carbonyl (C=O) groups is 1. The maximum atomic E-state index is 13.9. The van der Waals surface area contributed by atoms with E-state index < -0.39 is 5.60 Å². The molecule has 1 amide bonds. The van der Waals surface area contributed by atoms with E-state index in [1.54, 1.807) is 17.0 Å². The number of likely N-dealkylation sites (tertiary alicyclic amines) is 1. The molecule has 1 fully saturated rings. The van der Waals surface area contributed by atoms with Crippen LogP contribution < -0.4 is 0 Å². The topological polar surface area (TPSA) is 29.5 Å². The molecule has 1 aromatic carbocycles.